The van der Waals surface area contributed by atoms with Crippen LogP contribution in [0.2, 0.25) is 0 Å². The Kier molecular flexibility index (Phi) is 20.2. The summed E-state index contributed by atoms with van der Waals surface area (Å²) in [5.74, 6) is 2.10. The van der Waals surface area contributed by atoms with Gasteiger partial charge in [-0.15, -0.1) is 17.0 Å². The number of aromatic amines is 1. The largest absolute Gasteiger partial charge is 0.351 e. The molecule has 1 aliphatic rings. The number of hydrogen-bond acceptors (Lipinski definition) is 1. The first kappa shape index (κ1) is 26.7. The third-order valence-corrected chi connectivity index (χ3v) is 5.92. The summed E-state index contributed by atoms with van der Waals surface area (Å²) in [5.41, 5.74) is 0. The molecule has 2 rings (SSSR count). The van der Waals surface area contributed by atoms with Crippen molar-refractivity contribution in [2.24, 2.45) is 11.8 Å². The molecule has 0 bridgehead atoms. The molecule has 27 heavy (non-hydrogen) atoms. The quantitative estimate of drug-likeness (QED) is 0.303. The van der Waals surface area contributed by atoms with Crippen molar-refractivity contribution in [3.63, 3.8) is 0 Å². The van der Waals surface area contributed by atoms with E-state index in [0.717, 1.165) is 11.8 Å². The number of halogens is 1. The molecular weight excluding hydrogens is 396 g/mol. The molecule has 0 aromatic carbocycles. The number of hydrogen-bond donors (Lipinski definition) is 1. The highest BCUT2D eigenvalue weighted by atomic mass is 79.9. The molecular formula is C24H47BrN2. The van der Waals surface area contributed by atoms with Gasteiger partial charge in [0, 0.05) is 12.4 Å². The van der Waals surface area contributed by atoms with Gasteiger partial charge in [-0.05, 0) is 18.3 Å². The second kappa shape index (κ2) is 20.4. The van der Waals surface area contributed by atoms with Crippen molar-refractivity contribution in [1.82, 2.24) is 9.97 Å². The van der Waals surface area contributed by atoms with Crippen LogP contribution < -0.4 is 0 Å². The zero-order valence-electron chi connectivity index (χ0n) is 18.3. The van der Waals surface area contributed by atoms with E-state index in [0.29, 0.717) is 0 Å². The average Bonchev–Trinajstić information content (AvgIpc) is 3.23. The molecule has 0 amide bonds. The molecule has 160 valence electrons. The minimum atomic E-state index is 0. The normalized spacial score (nSPS) is 19.0. The molecule has 1 aliphatic carbocycles. The lowest BCUT2D eigenvalue weighted by molar-refractivity contribution is 0.263. The van der Waals surface area contributed by atoms with E-state index in [4.69, 9.17) is 0 Å². The molecule has 0 saturated heterocycles. The molecule has 1 aromatic rings. The predicted molar refractivity (Wildman–Crippen MR) is 126 cm³/mol. The molecule has 1 fully saturated rings. The van der Waals surface area contributed by atoms with E-state index in [9.17, 15) is 0 Å². The number of nitrogens with one attached hydrogen (secondary N) is 1. The summed E-state index contributed by atoms with van der Waals surface area (Å²) >= 11 is 0. The van der Waals surface area contributed by atoms with Crippen LogP contribution in [0.15, 0.2) is 18.7 Å². The van der Waals surface area contributed by atoms with E-state index < -0.39 is 0 Å². The van der Waals surface area contributed by atoms with Crippen LogP contribution in [-0.4, -0.2) is 9.97 Å². The summed E-state index contributed by atoms with van der Waals surface area (Å²) in [6.07, 6.45) is 30.4. The van der Waals surface area contributed by atoms with Gasteiger partial charge < -0.3 is 4.98 Å². The first-order valence-electron chi connectivity index (χ1n) is 11.8. The number of nitrogens with zero attached hydrogens (tertiary/aromatic N) is 1. The fourth-order valence-electron chi connectivity index (χ4n) is 4.31. The minimum Gasteiger partial charge on any atom is -0.351 e. The van der Waals surface area contributed by atoms with Gasteiger partial charge in [-0.2, -0.15) is 0 Å². The number of H-pyrrole nitrogens is 1. The van der Waals surface area contributed by atoms with Crippen molar-refractivity contribution >= 4 is 17.0 Å². The number of aromatic nitrogens is 2. The predicted octanol–water partition coefficient (Wildman–Crippen LogP) is 8.89. The highest BCUT2D eigenvalue weighted by Gasteiger charge is 2.17. The second-order valence-electron chi connectivity index (χ2n) is 8.58. The Morgan fingerprint density at radius 2 is 1.44 bits per heavy atom. The molecule has 1 aromatic heterocycles. The van der Waals surface area contributed by atoms with E-state index in [-0.39, 0.29) is 17.0 Å². The van der Waals surface area contributed by atoms with Gasteiger partial charge in [0.05, 0.1) is 6.33 Å². The van der Waals surface area contributed by atoms with E-state index in [1.807, 2.05) is 0 Å². The Balaban J connectivity index is 0.000000969. The maximum absolute atomic E-state index is 3.67. The molecule has 2 unspecified atom stereocenters. The van der Waals surface area contributed by atoms with Gasteiger partial charge in [0.15, 0.2) is 0 Å². The van der Waals surface area contributed by atoms with Crippen molar-refractivity contribution in [2.75, 3.05) is 0 Å². The van der Waals surface area contributed by atoms with Crippen LogP contribution in [0.4, 0.5) is 0 Å². The SMILES string of the molecule is Br.CCCCCCCCCCCCCCC1CCCC(C)C1.c1c[nH]cn1. The summed E-state index contributed by atoms with van der Waals surface area (Å²) < 4.78 is 0. The van der Waals surface area contributed by atoms with E-state index in [1.165, 1.54) is 109 Å². The molecule has 2 atom stereocenters. The monoisotopic (exact) mass is 442 g/mol. The van der Waals surface area contributed by atoms with Gasteiger partial charge in [-0.25, -0.2) is 4.98 Å². The van der Waals surface area contributed by atoms with E-state index in [2.05, 4.69) is 23.8 Å². The highest BCUT2D eigenvalue weighted by Crippen LogP contribution is 2.31. The molecule has 0 radical (unpaired) electrons. The molecule has 3 heteroatoms. The Bertz CT molecular complexity index is 349. The van der Waals surface area contributed by atoms with E-state index >= 15 is 0 Å². The molecule has 2 nitrogen and oxygen atoms in total. The van der Waals surface area contributed by atoms with Gasteiger partial charge in [-0.3, -0.25) is 0 Å². The Hall–Kier alpha value is -0.310. The zero-order valence-corrected chi connectivity index (χ0v) is 20.0. The van der Waals surface area contributed by atoms with Crippen LogP contribution in [0.1, 0.15) is 123 Å². The topological polar surface area (TPSA) is 28.7 Å². The smallest absolute Gasteiger partial charge is 0.0919 e. The van der Waals surface area contributed by atoms with Crippen molar-refractivity contribution < 1.29 is 0 Å². The van der Waals surface area contributed by atoms with Crippen molar-refractivity contribution in [1.29, 1.82) is 0 Å². The minimum absolute atomic E-state index is 0. The summed E-state index contributed by atoms with van der Waals surface area (Å²) in [6, 6.07) is 0. The molecule has 1 N–H and O–H groups in total. The van der Waals surface area contributed by atoms with Crippen molar-refractivity contribution in [3.05, 3.63) is 18.7 Å². The number of imidazole rings is 1. The van der Waals surface area contributed by atoms with Gasteiger partial charge in [-0.1, -0.05) is 117 Å². The average molecular weight is 444 g/mol. The number of unbranched alkanes of at least 4 members (excludes halogenated alkanes) is 11. The van der Waals surface area contributed by atoms with Gasteiger partial charge in [0.1, 0.15) is 0 Å². The molecule has 1 heterocycles. The van der Waals surface area contributed by atoms with Gasteiger partial charge >= 0.3 is 0 Å². The molecule has 0 aliphatic heterocycles. The lowest BCUT2D eigenvalue weighted by atomic mass is 9.80. The van der Waals surface area contributed by atoms with Crippen molar-refractivity contribution in [2.45, 2.75) is 123 Å². The van der Waals surface area contributed by atoms with Crippen LogP contribution in [0.25, 0.3) is 0 Å². The third kappa shape index (κ3) is 17.5. The van der Waals surface area contributed by atoms with Crippen LogP contribution in [0.3, 0.4) is 0 Å². The van der Waals surface area contributed by atoms with Crippen LogP contribution in [-0.2, 0) is 0 Å². The molecule has 1 saturated carbocycles. The second-order valence-corrected chi connectivity index (χ2v) is 8.58. The first-order chi connectivity index (χ1) is 12.8. The third-order valence-electron chi connectivity index (χ3n) is 5.92. The van der Waals surface area contributed by atoms with Crippen LogP contribution in [0, 0.1) is 11.8 Å². The fraction of sp³-hybridized carbons (Fsp3) is 0.875. The zero-order chi connectivity index (χ0) is 18.7. The first-order valence-corrected chi connectivity index (χ1v) is 11.8. The Morgan fingerprint density at radius 1 is 0.852 bits per heavy atom. The van der Waals surface area contributed by atoms with Crippen LogP contribution >= 0.6 is 17.0 Å². The van der Waals surface area contributed by atoms with Crippen LogP contribution in [0.5, 0.6) is 0 Å². The molecule has 0 spiro atoms. The summed E-state index contributed by atoms with van der Waals surface area (Å²) in [6.45, 7) is 4.75. The van der Waals surface area contributed by atoms with E-state index in [1.54, 1.807) is 18.7 Å². The summed E-state index contributed by atoms with van der Waals surface area (Å²) in [5, 5.41) is 0. The van der Waals surface area contributed by atoms with Crippen molar-refractivity contribution in [3.8, 4) is 0 Å². The van der Waals surface area contributed by atoms with Gasteiger partial charge in [0.2, 0.25) is 0 Å². The lowest BCUT2D eigenvalue weighted by Crippen LogP contribution is -2.12. The summed E-state index contributed by atoms with van der Waals surface area (Å²) in [7, 11) is 0. The van der Waals surface area contributed by atoms with Gasteiger partial charge in [0.25, 0.3) is 0 Å². The Morgan fingerprint density at radius 3 is 1.89 bits per heavy atom. The maximum Gasteiger partial charge on any atom is 0.0919 e. The lowest BCUT2D eigenvalue weighted by Gasteiger charge is -2.26. The maximum atomic E-state index is 3.67. The Labute approximate surface area is 180 Å². The standard InChI is InChI=1S/C21H42.C3H4N2.BrH/c1-3-4-5-6-7-8-9-10-11-12-13-14-17-21-18-15-16-20(2)19-21;1-2-5-3-4-1;/h20-21H,3-19H2,1-2H3;1-3H,(H,4,5);1H. The number of rotatable bonds is 13. The summed E-state index contributed by atoms with van der Waals surface area (Å²) in [4.78, 5) is 6.42. The fourth-order valence-corrected chi connectivity index (χ4v) is 4.31. The highest BCUT2D eigenvalue weighted by molar-refractivity contribution is 8.93.